The topological polar surface area (TPSA) is 34.1 Å². The highest BCUT2D eigenvalue weighted by Crippen LogP contribution is 2.26. The van der Waals surface area contributed by atoms with Gasteiger partial charge in [-0.25, -0.2) is 0 Å². The van der Waals surface area contributed by atoms with Crippen molar-refractivity contribution in [3.05, 3.63) is 70.8 Å². The van der Waals surface area contributed by atoms with Gasteiger partial charge in [0.2, 0.25) is 0 Å². The maximum Gasteiger partial charge on any atom is 0.194 e. The standard InChI is InChI=1S/C14H8O2.4C2H6/c15-13-9-5-1-2-6-10(9)14(16)12-8-4-3-7-11(12)13;4*1-2/h1-8H;4*1-2H3. The maximum absolute atomic E-state index is 12.1. The van der Waals surface area contributed by atoms with Crippen LogP contribution in [0, 0.1) is 0 Å². The van der Waals surface area contributed by atoms with Crippen LogP contribution in [0.25, 0.3) is 0 Å². The first kappa shape index (κ1) is 24.0. The highest BCUT2D eigenvalue weighted by atomic mass is 16.1. The van der Waals surface area contributed by atoms with Crippen molar-refractivity contribution in [1.29, 1.82) is 0 Å². The minimum Gasteiger partial charge on any atom is -0.289 e. The van der Waals surface area contributed by atoms with Gasteiger partial charge in [0.1, 0.15) is 0 Å². The summed E-state index contributed by atoms with van der Waals surface area (Å²) in [7, 11) is 0. The lowest BCUT2D eigenvalue weighted by Crippen LogP contribution is -2.20. The number of benzene rings is 2. The third-order valence-corrected chi connectivity index (χ3v) is 2.83. The van der Waals surface area contributed by atoms with E-state index in [0.29, 0.717) is 22.3 Å². The molecule has 0 fully saturated rings. The monoisotopic (exact) mass is 328 g/mol. The Kier molecular flexibility index (Phi) is 14.4. The van der Waals surface area contributed by atoms with E-state index < -0.39 is 0 Å². The number of hydrogen-bond acceptors (Lipinski definition) is 2. The quantitative estimate of drug-likeness (QED) is 0.468. The molecular weight excluding hydrogens is 296 g/mol. The first-order chi connectivity index (χ1) is 11.8. The van der Waals surface area contributed by atoms with Crippen LogP contribution in [0.15, 0.2) is 48.5 Å². The summed E-state index contributed by atoms with van der Waals surface area (Å²) in [5.74, 6) is -0.128. The molecule has 0 aliphatic heterocycles. The van der Waals surface area contributed by atoms with Gasteiger partial charge < -0.3 is 0 Å². The van der Waals surface area contributed by atoms with Crippen LogP contribution in [-0.4, -0.2) is 11.6 Å². The lowest BCUT2D eigenvalue weighted by atomic mass is 9.84. The third-order valence-electron chi connectivity index (χ3n) is 2.83. The molecule has 0 spiro atoms. The van der Waals surface area contributed by atoms with Gasteiger partial charge in [-0.3, -0.25) is 9.59 Å². The van der Waals surface area contributed by atoms with Crippen molar-refractivity contribution in [3.8, 4) is 0 Å². The van der Waals surface area contributed by atoms with E-state index in [4.69, 9.17) is 0 Å². The van der Waals surface area contributed by atoms with Gasteiger partial charge in [0.05, 0.1) is 0 Å². The van der Waals surface area contributed by atoms with Gasteiger partial charge in [-0.05, 0) is 0 Å². The van der Waals surface area contributed by atoms with Gasteiger partial charge >= 0.3 is 0 Å². The number of carbonyl (C=O) groups is 2. The molecule has 0 aromatic heterocycles. The zero-order valence-corrected chi connectivity index (χ0v) is 16.4. The van der Waals surface area contributed by atoms with Crippen molar-refractivity contribution in [2.45, 2.75) is 55.4 Å². The predicted octanol–water partition coefficient (Wildman–Crippen LogP) is 6.57. The number of rotatable bonds is 0. The molecule has 0 N–H and O–H groups in total. The zero-order chi connectivity index (χ0) is 19.1. The van der Waals surface area contributed by atoms with Gasteiger partial charge in [-0.2, -0.15) is 0 Å². The summed E-state index contributed by atoms with van der Waals surface area (Å²) in [4.78, 5) is 24.2. The molecule has 3 rings (SSSR count). The number of fused-ring (bicyclic) bond motifs is 2. The molecule has 0 unspecified atom stereocenters. The Balaban J connectivity index is 0. The van der Waals surface area contributed by atoms with E-state index in [9.17, 15) is 9.59 Å². The maximum atomic E-state index is 12.1. The fourth-order valence-corrected chi connectivity index (χ4v) is 2.05. The molecule has 2 aromatic carbocycles. The van der Waals surface area contributed by atoms with Gasteiger partial charge in [-0.15, -0.1) is 0 Å². The van der Waals surface area contributed by atoms with Gasteiger partial charge in [0.15, 0.2) is 11.6 Å². The molecular formula is C22H32O2. The molecule has 0 saturated carbocycles. The van der Waals surface area contributed by atoms with Crippen LogP contribution in [0.4, 0.5) is 0 Å². The molecule has 1 aliphatic rings. The summed E-state index contributed by atoms with van der Waals surface area (Å²) >= 11 is 0. The minimum atomic E-state index is -0.0641. The van der Waals surface area contributed by atoms with Crippen LogP contribution in [0.3, 0.4) is 0 Å². The fourth-order valence-electron chi connectivity index (χ4n) is 2.05. The minimum absolute atomic E-state index is 0.0641. The van der Waals surface area contributed by atoms with Crippen LogP contribution in [0.1, 0.15) is 87.2 Å². The van der Waals surface area contributed by atoms with Crippen molar-refractivity contribution in [2.75, 3.05) is 0 Å². The van der Waals surface area contributed by atoms with Gasteiger partial charge in [-0.1, -0.05) is 104 Å². The Morgan fingerprint density at radius 1 is 0.417 bits per heavy atom. The second-order valence-electron chi connectivity index (χ2n) is 3.75. The fraction of sp³-hybridized carbons (Fsp3) is 0.364. The second-order valence-corrected chi connectivity index (χ2v) is 3.75. The van der Waals surface area contributed by atoms with Crippen molar-refractivity contribution in [2.24, 2.45) is 0 Å². The average Bonchev–Trinajstić information content (AvgIpc) is 2.72. The summed E-state index contributed by atoms with van der Waals surface area (Å²) in [5.41, 5.74) is 2.02. The largest absolute Gasteiger partial charge is 0.289 e. The van der Waals surface area contributed by atoms with Crippen LogP contribution < -0.4 is 0 Å². The van der Waals surface area contributed by atoms with E-state index >= 15 is 0 Å². The molecule has 2 aromatic rings. The van der Waals surface area contributed by atoms with Crippen molar-refractivity contribution >= 4 is 11.6 Å². The Morgan fingerprint density at radius 2 is 0.583 bits per heavy atom. The average molecular weight is 328 g/mol. The highest BCUT2D eigenvalue weighted by Gasteiger charge is 2.28. The Morgan fingerprint density at radius 3 is 0.750 bits per heavy atom. The molecule has 0 radical (unpaired) electrons. The van der Waals surface area contributed by atoms with E-state index in [-0.39, 0.29) is 11.6 Å². The molecule has 0 heterocycles. The smallest absolute Gasteiger partial charge is 0.194 e. The normalized spacial score (nSPS) is 9.83. The lowest BCUT2D eigenvalue weighted by Gasteiger charge is -2.16. The third kappa shape index (κ3) is 5.45. The second kappa shape index (κ2) is 14.4. The Hall–Kier alpha value is -2.22. The van der Waals surface area contributed by atoms with Gasteiger partial charge in [0, 0.05) is 22.3 Å². The lowest BCUT2D eigenvalue weighted by molar-refractivity contribution is 0.0979. The van der Waals surface area contributed by atoms with Crippen molar-refractivity contribution < 1.29 is 9.59 Å². The molecule has 2 nitrogen and oxygen atoms in total. The van der Waals surface area contributed by atoms with Crippen molar-refractivity contribution in [3.63, 3.8) is 0 Å². The first-order valence-electron chi connectivity index (χ1n) is 9.06. The SMILES string of the molecule is CC.CC.CC.CC.O=C1c2ccccc2C(=O)c2ccccc21. The number of hydrogen-bond donors (Lipinski definition) is 0. The van der Waals surface area contributed by atoms with Crippen LogP contribution in [0.2, 0.25) is 0 Å². The summed E-state index contributed by atoms with van der Waals surface area (Å²) in [5, 5.41) is 0. The molecule has 24 heavy (non-hydrogen) atoms. The molecule has 0 atom stereocenters. The van der Waals surface area contributed by atoms with Crippen LogP contribution >= 0.6 is 0 Å². The molecule has 0 amide bonds. The molecule has 1 aliphatic carbocycles. The van der Waals surface area contributed by atoms with Crippen LogP contribution in [0.5, 0.6) is 0 Å². The first-order valence-corrected chi connectivity index (χ1v) is 9.06. The number of carbonyl (C=O) groups excluding carboxylic acids is 2. The molecule has 0 saturated heterocycles. The zero-order valence-electron chi connectivity index (χ0n) is 16.4. The Bertz CT molecular complexity index is 507. The Labute approximate surface area is 147 Å². The summed E-state index contributed by atoms with van der Waals surface area (Å²) in [6.07, 6.45) is 0. The van der Waals surface area contributed by atoms with Crippen molar-refractivity contribution in [1.82, 2.24) is 0 Å². The number of ketones is 2. The molecule has 2 heteroatoms. The molecule has 0 bridgehead atoms. The summed E-state index contributed by atoms with van der Waals surface area (Å²) < 4.78 is 0. The predicted molar refractivity (Wildman–Crippen MR) is 105 cm³/mol. The van der Waals surface area contributed by atoms with E-state index in [1.54, 1.807) is 48.5 Å². The molecule has 132 valence electrons. The van der Waals surface area contributed by atoms with E-state index in [1.807, 2.05) is 55.4 Å². The highest BCUT2D eigenvalue weighted by molar-refractivity contribution is 6.28. The van der Waals surface area contributed by atoms with Gasteiger partial charge in [0.25, 0.3) is 0 Å². The van der Waals surface area contributed by atoms with E-state index in [2.05, 4.69) is 0 Å². The van der Waals surface area contributed by atoms with E-state index in [0.717, 1.165) is 0 Å². The van der Waals surface area contributed by atoms with Crippen LogP contribution in [-0.2, 0) is 0 Å². The summed E-state index contributed by atoms with van der Waals surface area (Å²) in [6, 6.07) is 13.9. The van der Waals surface area contributed by atoms with E-state index in [1.165, 1.54) is 0 Å². The summed E-state index contributed by atoms with van der Waals surface area (Å²) in [6.45, 7) is 16.0.